The van der Waals surface area contributed by atoms with Crippen molar-refractivity contribution in [2.24, 2.45) is 0 Å². The van der Waals surface area contributed by atoms with Crippen molar-refractivity contribution in [3.05, 3.63) is 28.0 Å². The van der Waals surface area contributed by atoms with Crippen LogP contribution in [-0.4, -0.2) is 54.7 Å². The molecule has 1 amide bonds. The Labute approximate surface area is 128 Å². The highest BCUT2D eigenvalue weighted by molar-refractivity contribution is 6.33. The molecular formula is C13H17Cl2N3O2. The van der Waals surface area contributed by atoms with Gasteiger partial charge in [-0.05, 0) is 18.7 Å². The van der Waals surface area contributed by atoms with Gasteiger partial charge in [0, 0.05) is 25.2 Å². The van der Waals surface area contributed by atoms with Crippen molar-refractivity contribution in [2.75, 3.05) is 32.8 Å². The second-order valence-corrected chi connectivity index (χ2v) is 5.37. The fourth-order valence-corrected chi connectivity index (χ4v) is 2.56. The van der Waals surface area contributed by atoms with Crippen LogP contribution in [0.5, 0.6) is 0 Å². The summed E-state index contributed by atoms with van der Waals surface area (Å²) in [5, 5.41) is 3.24. The molecule has 1 aromatic rings. The van der Waals surface area contributed by atoms with Crippen molar-refractivity contribution in [3.8, 4) is 0 Å². The molecular weight excluding hydrogens is 301 g/mol. The Kier molecular flexibility index (Phi) is 5.60. The van der Waals surface area contributed by atoms with Crippen LogP contribution in [0.2, 0.25) is 10.3 Å². The molecule has 1 N–H and O–H groups in total. The van der Waals surface area contributed by atoms with Gasteiger partial charge in [-0.1, -0.05) is 30.1 Å². The van der Waals surface area contributed by atoms with Crippen LogP contribution in [0.15, 0.2) is 12.1 Å². The summed E-state index contributed by atoms with van der Waals surface area (Å²) >= 11 is 11.5. The molecule has 0 aliphatic carbocycles. The van der Waals surface area contributed by atoms with Gasteiger partial charge in [-0.2, -0.15) is 0 Å². The van der Waals surface area contributed by atoms with Crippen molar-refractivity contribution in [1.82, 2.24) is 15.2 Å². The summed E-state index contributed by atoms with van der Waals surface area (Å²) in [6.07, 6.45) is 0.0143. The van der Waals surface area contributed by atoms with Gasteiger partial charge in [0.15, 0.2) is 0 Å². The Balaban J connectivity index is 1.88. The van der Waals surface area contributed by atoms with Gasteiger partial charge in [-0.3, -0.25) is 9.69 Å². The zero-order valence-electron chi connectivity index (χ0n) is 11.2. The van der Waals surface area contributed by atoms with Gasteiger partial charge < -0.3 is 10.1 Å². The molecule has 2 heterocycles. The Morgan fingerprint density at radius 3 is 2.85 bits per heavy atom. The van der Waals surface area contributed by atoms with Crippen molar-refractivity contribution in [1.29, 1.82) is 0 Å². The van der Waals surface area contributed by atoms with Crippen LogP contribution in [0.3, 0.4) is 0 Å². The summed E-state index contributed by atoms with van der Waals surface area (Å²) in [7, 11) is 0. The molecule has 1 fully saturated rings. The number of morpholine rings is 1. The van der Waals surface area contributed by atoms with E-state index in [0.29, 0.717) is 18.7 Å². The number of ether oxygens (including phenoxy) is 1. The Morgan fingerprint density at radius 1 is 1.50 bits per heavy atom. The van der Waals surface area contributed by atoms with Crippen molar-refractivity contribution < 1.29 is 9.53 Å². The fourth-order valence-electron chi connectivity index (χ4n) is 2.10. The summed E-state index contributed by atoms with van der Waals surface area (Å²) in [5.41, 5.74) is 0.401. The second-order valence-electron chi connectivity index (χ2n) is 4.60. The average Bonchev–Trinajstić information content (AvgIpc) is 2.44. The molecule has 1 unspecified atom stereocenters. The number of rotatable bonds is 4. The minimum absolute atomic E-state index is 0.0143. The molecule has 2 rings (SSSR count). The molecule has 5 nitrogen and oxygen atoms in total. The standard InChI is InChI=1S/C13H17Cl2N3O2/c1-2-18-3-4-20-10(8-18)7-16-13(19)9-5-11(14)17-12(15)6-9/h5-6,10H,2-4,7-8H2,1H3,(H,16,19). The first-order valence-corrected chi connectivity index (χ1v) is 7.29. The van der Waals surface area contributed by atoms with E-state index in [2.05, 4.69) is 22.1 Å². The quantitative estimate of drug-likeness (QED) is 0.861. The first-order chi connectivity index (χ1) is 9.58. The van der Waals surface area contributed by atoms with Crippen LogP contribution in [-0.2, 0) is 4.74 Å². The zero-order chi connectivity index (χ0) is 14.5. The summed E-state index contributed by atoms with van der Waals surface area (Å²) in [4.78, 5) is 18.1. The van der Waals surface area contributed by atoms with Crippen molar-refractivity contribution in [3.63, 3.8) is 0 Å². The number of amides is 1. The lowest BCUT2D eigenvalue weighted by Crippen LogP contribution is -2.47. The lowest BCUT2D eigenvalue weighted by Gasteiger charge is -2.32. The summed E-state index contributed by atoms with van der Waals surface area (Å²) in [5.74, 6) is -0.228. The van der Waals surface area contributed by atoms with Gasteiger partial charge in [0.1, 0.15) is 10.3 Å². The lowest BCUT2D eigenvalue weighted by molar-refractivity contribution is -0.0246. The van der Waals surface area contributed by atoms with E-state index in [-0.39, 0.29) is 22.3 Å². The Morgan fingerprint density at radius 2 is 2.20 bits per heavy atom. The van der Waals surface area contributed by atoms with E-state index in [4.69, 9.17) is 27.9 Å². The van der Waals surface area contributed by atoms with E-state index in [1.54, 1.807) is 0 Å². The van der Waals surface area contributed by atoms with Gasteiger partial charge >= 0.3 is 0 Å². The molecule has 0 aromatic carbocycles. The molecule has 1 aliphatic rings. The monoisotopic (exact) mass is 317 g/mol. The van der Waals surface area contributed by atoms with E-state index in [0.717, 1.165) is 19.6 Å². The van der Waals surface area contributed by atoms with E-state index >= 15 is 0 Å². The number of likely N-dealkylation sites (N-methyl/N-ethyl adjacent to an activating group) is 1. The molecule has 0 bridgehead atoms. The summed E-state index contributed by atoms with van der Waals surface area (Å²) in [6, 6.07) is 2.98. The van der Waals surface area contributed by atoms with Crippen LogP contribution in [0.1, 0.15) is 17.3 Å². The van der Waals surface area contributed by atoms with Crippen molar-refractivity contribution in [2.45, 2.75) is 13.0 Å². The highest BCUT2D eigenvalue weighted by atomic mass is 35.5. The molecule has 110 valence electrons. The van der Waals surface area contributed by atoms with Crippen LogP contribution in [0.25, 0.3) is 0 Å². The minimum atomic E-state index is -0.228. The SMILES string of the molecule is CCN1CCOC(CNC(=O)c2cc(Cl)nc(Cl)c2)C1. The van der Waals surface area contributed by atoms with Gasteiger partial charge in [-0.25, -0.2) is 4.98 Å². The molecule has 1 aromatic heterocycles. The largest absolute Gasteiger partial charge is 0.374 e. The molecule has 20 heavy (non-hydrogen) atoms. The topological polar surface area (TPSA) is 54.5 Å². The van der Waals surface area contributed by atoms with Gasteiger partial charge in [-0.15, -0.1) is 0 Å². The fraction of sp³-hybridized carbons (Fsp3) is 0.538. The maximum Gasteiger partial charge on any atom is 0.251 e. The van der Waals surface area contributed by atoms with Crippen LogP contribution >= 0.6 is 23.2 Å². The van der Waals surface area contributed by atoms with Gasteiger partial charge in [0.05, 0.1) is 12.7 Å². The molecule has 1 aliphatic heterocycles. The van der Waals surface area contributed by atoms with Crippen LogP contribution in [0, 0.1) is 0 Å². The number of nitrogens with zero attached hydrogens (tertiary/aromatic N) is 2. The highest BCUT2D eigenvalue weighted by Gasteiger charge is 2.20. The smallest absolute Gasteiger partial charge is 0.251 e. The molecule has 1 saturated heterocycles. The number of carbonyl (C=O) groups excluding carboxylic acids is 1. The highest BCUT2D eigenvalue weighted by Crippen LogP contribution is 2.14. The third-order valence-electron chi connectivity index (χ3n) is 3.19. The minimum Gasteiger partial charge on any atom is -0.374 e. The second kappa shape index (κ2) is 7.22. The molecule has 7 heteroatoms. The normalized spacial score (nSPS) is 19.9. The van der Waals surface area contributed by atoms with Crippen molar-refractivity contribution >= 4 is 29.1 Å². The number of carbonyl (C=O) groups is 1. The number of aromatic nitrogens is 1. The predicted molar refractivity (Wildman–Crippen MR) is 78.4 cm³/mol. The van der Waals surface area contributed by atoms with E-state index in [9.17, 15) is 4.79 Å². The summed E-state index contributed by atoms with van der Waals surface area (Å²) in [6.45, 7) is 6.03. The maximum absolute atomic E-state index is 12.0. The van der Waals surface area contributed by atoms with E-state index in [1.807, 2.05) is 0 Å². The van der Waals surface area contributed by atoms with Gasteiger partial charge in [0.2, 0.25) is 0 Å². The average molecular weight is 318 g/mol. The first-order valence-electron chi connectivity index (χ1n) is 6.53. The van der Waals surface area contributed by atoms with Crippen LogP contribution in [0.4, 0.5) is 0 Å². The number of pyridine rings is 1. The lowest BCUT2D eigenvalue weighted by atomic mass is 10.2. The number of halogens is 2. The van der Waals surface area contributed by atoms with Gasteiger partial charge in [0.25, 0.3) is 5.91 Å². The van der Waals surface area contributed by atoms with E-state index < -0.39 is 0 Å². The van der Waals surface area contributed by atoms with E-state index in [1.165, 1.54) is 12.1 Å². The zero-order valence-corrected chi connectivity index (χ0v) is 12.7. The molecule has 0 spiro atoms. The Hall–Kier alpha value is -0.880. The van der Waals surface area contributed by atoms with Crippen LogP contribution < -0.4 is 5.32 Å². The Bertz CT molecular complexity index is 464. The summed E-state index contributed by atoms with van der Waals surface area (Å²) < 4.78 is 5.62. The third-order valence-corrected chi connectivity index (χ3v) is 3.57. The maximum atomic E-state index is 12.0. The first kappa shape index (κ1) is 15.5. The molecule has 0 radical (unpaired) electrons. The number of hydrogen-bond donors (Lipinski definition) is 1. The predicted octanol–water partition coefficient (Wildman–Crippen LogP) is 1.84. The molecule has 0 saturated carbocycles. The third kappa shape index (κ3) is 4.31. The molecule has 1 atom stereocenters. The number of hydrogen-bond acceptors (Lipinski definition) is 4. The number of nitrogens with one attached hydrogen (secondary N) is 1.